The number of carboxylic acids is 1. The van der Waals surface area contributed by atoms with Crippen LogP contribution in [0.25, 0.3) is 11.1 Å². The summed E-state index contributed by atoms with van der Waals surface area (Å²) >= 11 is 6.52. The average Bonchev–Trinajstić information content (AvgIpc) is 2.83. The van der Waals surface area contributed by atoms with E-state index in [9.17, 15) is 19.1 Å². The van der Waals surface area contributed by atoms with E-state index < -0.39 is 11.8 Å². The van der Waals surface area contributed by atoms with Gasteiger partial charge < -0.3 is 19.5 Å². The lowest BCUT2D eigenvalue weighted by molar-refractivity contribution is 0.0620. The lowest BCUT2D eigenvalue weighted by Crippen LogP contribution is -2.43. The van der Waals surface area contributed by atoms with Gasteiger partial charge in [-0.05, 0) is 57.5 Å². The number of ether oxygens (including phenoxy) is 2. The Balaban J connectivity index is 0.00000298. The van der Waals surface area contributed by atoms with Gasteiger partial charge in [0.15, 0.2) is 0 Å². The Kier molecular flexibility index (Phi) is 12.8. The molecule has 0 saturated heterocycles. The fraction of sp³-hybridized carbons (Fsp3) is 0.481. The van der Waals surface area contributed by atoms with E-state index >= 15 is 0 Å². The molecule has 2 aromatic carbocycles. The van der Waals surface area contributed by atoms with Gasteiger partial charge in [0.05, 0.1) is 22.8 Å². The van der Waals surface area contributed by atoms with Gasteiger partial charge >= 0.3 is 5.97 Å². The molecule has 0 aromatic heterocycles. The molecule has 2 rings (SSSR count). The zero-order chi connectivity index (χ0) is 26.7. The number of methoxy groups -OCH3 is 1. The highest BCUT2D eigenvalue weighted by atomic mass is 35.5. The topological polar surface area (TPSA) is 76.1 Å². The van der Waals surface area contributed by atoms with Crippen LogP contribution in [-0.2, 0) is 4.74 Å². The highest BCUT2D eigenvalue weighted by molar-refractivity contribution is 6.34. The number of halogens is 2. The van der Waals surface area contributed by atoms with Gasteiger partial charge in [-0.15, -0.1) is 0 Å². The lowest BCUT2D eigenvalue weighted by atomic mass is 9.98. The van der Waals surface area contributed by atoms with Crippen LogP contribution in [0.1, 0.15) is 75.1 Å². The van der Waals surface area contributed by atoms with Crippen molar-refractivity contribution in [2.24, 2.45) is 0 Å². The molecule has 194 valence electrons. The molecule has 0 spiro atoms. The molecular formula is C27H37ClFNO5. The second-order valence-corrected chi connectivity index (χ2v) is 8.49. The summed E-state index contributed by atoms with van der Waals surface area (Å²) in [7, 11) is 1.58. The third kappa shape index (κ3) is 7.94. The molecule has 1 N–H and O–H groups in total. The predicted molar refractivity (Wildman–Crippen MR) is 138 cm³/mol. The van der Waals surface area contributed by atoms with Crippen LogP contribution in [0.3, 0.4) is 0 Å². The van der Waals surface area contributed by atoms with E-state index in [2.05, 4.69) is 0 Å². The molecule has 6 nitrogen and oxygen atoms in total. The first-order valence-corrected chi connectivity index (χ1v) is 12.3. The Hall–Kier alpha value is -2.64. The summed E-state index contributed by atoms with van der Waals surface area (Å²) in [5.41, 5.74) is 0.469. The standard InChI is InChI=1S/C25H31ClFNO5.C2H6/c1-6-16(4)28(15(2)3)24(29)20-14-23(33-11-7-10-32-5)19(13-21(20)26)18-12-17(25(30)31)8-9-22(18)27;1-2/h8-9,12-16H,6-7,10-11H2,1-5H3,(H,30,31);1-2H3/t16-;/m1./s1. The predicted octanol–water partition coefficient (Wildman–Crippen LogP) is 6.93. The van der Waals surface area contributed by atoms with Crippen LogP contribution >= 0.6 is 11.6 Å². The molecule has 0 bridgehead atoms. The lowest BCUT2D eigenvalue weighted by Gasteiger charge is -2.33. The van der Waals surface area contributed by atoms with Gasteiger partial charge in [0.25, 0.3) is 5.91 Å². The monoisotopic (exact) mass is 509 g/mol. The Morgan fingerprint density at radius 2 is 1.74 bits per heavy atom. The number of hydrogen-bond donors (Lipinski definition) is 1. The van der Waals surface area contributed by atoms with Gasteiger partial charge in [0, 0.05) is 43.3 Å². The Bertz CT molecular complexity index is 996. The van der Waals surface area contributed by atoms with Crippen molar-refractivity contribution in [3.05, 3.63) is 52.3 Å². The molecule has 0 aliphatic carbocycles. The number of hydrogen-bond acceptors (Lipinski definition) is 4. The van der Waals surface area contributed by atoms with E-state index in [1.54, 1.807) is 12.0 Å². The summed E-state index contributed by atoms with van der Waals surface area (Å²) in [6, 6.07) is 6.41. The van der Waals surface area contributed by atoms with Crippen LogP contribution in [0.5, 0.6) is 5.75 Å². The van der Waals surface area contributed by atoms with Gasteiger partial charge in [-0.3, -0.25) is 4.79 Å². The summed E-state index contributed by atoms with van der Waals surface area (Å²) in [5.74, 6) is -1.82. The van der Waals surface area contributed by atoms with Crippen LogP contribution in [0.4, 0.5) is 4.39 Å². The summed E-state index contributed by atoms with van der Waals surface area (Å²) in [5, 5.41) is 9.47. The van der Waals surface area contributed by atoms with Crippen LogP contribution in [0.2, 0.25) is 5.02 Å². The van der Waals surface area contributed by atoms with E-state index in [1.807, 2.05) is 41.5 Å². The number of rotatable bonds is 11. The first-order valence-electron chi connectivity index (χ1n) is 11.9. The number of carboxylic acid groups (broad SMARTS) is 1. The van der Waals surface area contributed by atoms with Gasteiger partial charge in [-0.1, -0.05) is 32.4 Å². The number of carbonyl (C=O) groups is 2. The third-order valence-corrected chi connectivity index (χ3v) is 5.72. The van der Waals surface area contributed by atoms with Crippen LogP contribution < -0.4 is 4.74 Å². The Labute approximate surface area is 213 Å². The minimum Gasteiger partial charge on any atom is -0.493 e. The molecule has 0 aliphatic heterocycles. The SMILES string of the molecule is CC.CC[C@@H](C)N(C(=O)c1cc(OCCCOC)c(-c2cc(C(=O)O)ccc2F)cc1Cl)C(C)C. The number of nitrogens with zero attached hydrogens (tertiary/aromatic N) is 1. The second kappa shape index (κ2) is 14.7. The smallest absolute Gasteiger partial charge is 0.335 e. The minimum atomic E-state index is -1.18. The molecule has 0 heterocycles. The van der Waals surface area contributed by atoms with Gasteiger partial charge in [0.2, 0.25) is 0 Å². The minimum absolute atomic E-state index is 0.0102. The van der Waals surface area contributed by atoms with Crippen molar-refractivity contribution in [2.75, 3.05) is 20.3 Å². The van der Waals surface area contributed by atoms with E-state index in [0.717, 1.165) is 12.5 Å². The van der Waals surface area contributed by atoms with Crippen molar-refractivity contribution < 1.29 is 28.6 Å². The van der Waals surface area contributed by atoms with Crippen molar-refractivity contribution >= 4 is 23.5 Å². The van der Waals surface area contributed by atoms with Gasteiger partial charge in [-0.2, -0.15) is 0 Å². The summed E-state index contributed by atoms with van der Waals surface area (Å²) in [6.45, 7) is 12.6. The molecule has 0 unspecified atom stereocenters. The first kappa shape index (κ1) is 30.4. The third-order valence-electron chi connectivity index (χ3n) is 5.41. The largest absolute Gasteiger partial charge is 0.493 e. The van der Waals surface area contributed by atoms with E-state index in [4.69, 9.17) is 21.1 Å². The molecule has 0 radical (unpaired) electrons. The zero-order valence-electron chi connectivity index (χ0n) is 21.7. The van der Waals surface area contributed by atoms with E-state index in [1.165, 1.54) is 24.3 Å². The summed E-state index contributed by atoms with van der Waals surface area (Å²) in [6.07, 6.45) is 1.34. The molecule has 1 atom stereocenters. The number of amides is 1. The van der Waals surface area contributed by atoms with Crippen molar-refractivity contribution in [3.63, 3.8) is 0 Å². The van der Waals surface area contributed by atoms with Crippen molar-refractivity contribution in [1.82, 2.24) is 4.90 Å². The van der Waals surface area contributed by atoms with E-state index in [0.29, 0.717) is 13.0 Å². The number of benzene rings is 2. The molecule has 0 aliphatic rings. The van der Waals surface area contributed by atoms with Gasteiger partial charge in [-0.25, -0.2) is 9.18 Å². The summed E-state index contributed by atoms with van der Waals surface area (Å²) in [4.78, 5) is 26.6. The number of aromatic carboxylic acids is 1. The fourth-order valence-corrected chi connectivity index (χ4v) is 3.82. The van der Waals surface area contributed by atoms with E-state index in [-0.39, 0.29) is 57.6 Å². The highest BCUT2D eigenvalue weighted by Crippen LogP contribution is 2.38. The van der Waals surface area contributed by atoms with Crippen molar-refractivity contribution in [3.8, 4) is 16.9 Å². The molecule has 1 amide bonds. The molecule has 8 heteroatoms. The van der Waals surface area contributed by atoms with Crippen molar-refractivity contribution in [1.29, 1.82) is 0 Å². The molecular weight excluding hydrogens is 473 g/mol. The number of carbonyl (C=O) groups excluding carboxylic acids is 1. The Morgan fingerprint density at radius 3 is 2.29 bits per heavy atom. The molecule has 0 fully saturated rings. The van der Waals surface area contributed by atoms with Crippen LogP contribution in [0, 0.1) is 5.82 Å². The fourth-order valence-electron chi connectivity index (χ4n) is 3.58. The maximum atomic E-state index is 14.7. The maximum Gasteiger partial charge on any atom is 0.335 e. The zero-order valence-corrected chi connectivity index (χ0v) is 22.4. The Morgan fingerprint density at radius 1 is 1.09 bits per heavy atom. The van der Waals surface area contributed by atoms with Crippen molar-refractivity contribution in [2.45, 2.75) is 66.5 Å². The quantitative estimate of drug-likeness (QED) is 0.332. The summed E-state index contributed by atoms with van der Waals surface area (Å²) < 4.78 is 25.7. The first-order chi connectivity index (χ1) is 16.6. The highest BCUT2D eigenvalue weighted by Gasteiger charge is 2.27. The van der Waals surface area contributed by atoms with Crippen LogP contribution in [0.15, 0.2) is 30.3 Å². The maximum absolute atomic E-state index is 14.7. The van der Waals surface area contributed by atoms with Gasteiger partial charge in [0.1, 0.15) is 11.6 Å². The molecule has 2 aromatic rings. The molecule has 35 heavy (non-hydrogen) atoms. The second-order valence-electron chi connectivity index (χ2n) is 8.09. The van der Waals surface area contributed by atoms with Crippen LogP contribution in [-0.4, -0.2) is 54.3 Å². The average molecular weight is 510 g/mol. The normalized spacial score (nSPS) is 11.5. The molecule has 0 saturated carbocycles.